The van der Waals surface area contributed by atoms with Crippen LogP contribution >= 0.6 is 0 Å². The maximum absolute atomic E-state index is 12.0. The molecule has 3 aliphatic rings. The Bertz CT molecular complexity index is 948. The number of likely N-dealkylation sites (N-methyl/N-ethyl adjacent to an activating group) is 1. The Morgan fingerprint density at radius 3 is 2.93 bits per heavy atom. The molecule has 7 nitrogen and oxygen atoms in total. The third-order valence-corrected chi connectivity index (χ3v) is 5.14. The summed E-state index contributed by atoms with van der Waals surface area (Å²) in [4.78, 5) is 20.6. The van der Waals surface area contributed by atoms with Crippen molar-refractivity contribution in [1.29, 1.82) is 0 Å². The maximum atomic E-state index is 12.0. The van der Waals surface area contributed by atoms with Crippen molar-refractivity contribution in [2.24, 2.45) is 4.99 Å². The summed E-state index contributed by atoms with van der Waals surface area (Å²) in [7, 11) is 3.62. The molecule has 1 amide bonds. The number of hydrogen-bond acceptors (Lipinski definition) is 5. The molecule has 0 N–H and O–H groups in total. The molecular weight excluding hydrogens is 354 g/mol. The largest absolute Gasteiger partial charge is 0.495 e. The van der Waals surface area contributed by atoms with Gasteiger partial charge in [0.15, 0.2) is 0 Å². The van der Waals surface area contributed by atoms with E-state index in [0.717, 1.165) is 59.9 Å². The van der Waals surface area contributed by atoms with Gasteiger partial charge in [-0.05, 0) is 43.1 Å². The van der Waals surface area contributed by atoms with Gasteiger partial charge < -0.3 is 9.30 Å². The molecule has 7 heteroatoms. The van der Waals surface area contributed by atoms with Crippen LogP contribution in [0.1, 0.15) is 25.0 Å². The minimum atomic E-state index is -0.0952. The van der Waals surface area contributed by atoms with Crippen molar-refractivity contribution in [3.8, 4) is 0 Å². The van der Waals surface area contributed by atoms with Crippen LogP contribution in [0.2, 0.25) is 0 Å². The van der Waals surface area contributed by atoms with E-state index < -0.39 is 0 Å². The molecule has 1 saturated heterocycles. The number of fused-ring (bicyclic) bond motifs is 1. The summed E-state index contributed by atoms with van der Waals surface area (Å²) in [5.41, 5.74) is 4.13. The highest BCUT2D eigenvalue weighted by Gasteiger charge is 2.30. The molecule has 0 bridgehead atoms. The Balaban J connectivity index is 1.71. The Hall–Kier alpha value is -2.93. The van der Waals surface area contributed by atoms with Gasteiger partial charge in [-0.25, -0.2) is 9.99 Å². The highest BCUT2D eigenvalue weighted by Crippen LogP contribution is 2.27. The zero-order valence-electron chi connectivity index (χ0n) is 16.6. The lowest BCUT2D eigenvalue weighted by atomic mass is 10.0. The van der Waals surface area contributed by atoms with Gasteiger partial charge in [-0.3, -0.25) is 9.80 Å². The summed E-state index contributed by atoms with van der Waals surface area (Å²) in [6.45, 7) is 3.20. The lowest BCUT2D eigenvalue weighted by Gasteiger charge is -2.40. The number of nitrogens with zero attached hydrogens (tertiary/aromatic N) is 5. The number of imidazole rings is 1. The van der Waals surface area contributed by atoms with Gasteiger partial charge in [0.1, 0.15) is 11.6 Å². The maximum Gasteiger partial charge on any atom is 0.263 e. The van der Waals surface area contributed by atoms with Crippen LogP contribution in [0.4, 0.5) is 0 Å². The van der Waals surface area contributed by atoms with E-state index >= 15 is 0 Å². The Kier molecular flexibility index (Phi) is 5.00. The van der Waals surface area contributed by atoms with Crippen LogP contribution in [-0.2, 0) is 9.53 Å². The summed E-state index contributed by atoms with van der Waals surface area (Å²) >= 11 is 0. The van der Waals surface area contributed by atoms with Gasteiger partial charge in [0.2, 0.25) is 0 Å². The first-order valence-electron chi connectivity index (χ1n) is 9.52. The number of carbonyl (C=O) groups is 1. The van der Waals surface area contributed by atoms with Crippen LogP contribution in [0, 0.1) is 6.92 Å². The second-order valence-electron chi connectivity index (χ2n) is 7.23. The zero-order valence-corrected chi connectivity index (χ0v) is 16.6. The summed E-state index contributed by atoms with van der Waals surface area (Å²) in [5, 5.41) is 4.05. The van der Waals surface area contributed by atoms with Gasteiger partial charge in [0.05, 0.1) is 31.4 Å². The molecule has 0 saturated carbocycles. The lowest BCUT2D eigenvalue weighted by molar-refractivity contribution is -0.123. The summed E-state index contributed by atoms with van der Waals surface area (Å²) in [6, 6.07) is 0. The number of methoxy groups -OCH3 is 1. The van der Waals surface area contributed by atoms with Crippen molar-refractivity contribution in [3.05, 3.63) is 59.4 Å². The van der Waals surface area contributed by atoms with Crippen LogP contribution in [0.15, 0.2) is 58.7 Å². The fraction of sp³-hybridized carbons (Fsp3) is 0.381. The molecule has 3 heterocycles. The number of allylic oxidation sites excluding steroid dienone is 6. The topological polar surface area (TPSA) is 63.0 Å². The quantitative estimate of drug-likeness (QED) is 0.808. The van der Waals surface area contributed by atoms with E-state index in [9.17, 15) is 4.79 Å². The van der Waals surface area contributed by atoms with Gasteiger partial charge in [-0.15, -0.1) is 0 Å². The number of aromatic nitrogens is 2. The predicted molar refractivity (Wildman–Crippen MR) is 108 cm³/mol. The molecule has 4 rings (SSSR count). The molecule has 0 radical (unpaired) electrons. The van der Waals surface area contributed by atoms with Crippen molar-refractivity contribution in [1.82, 2.24) is 19.6 Å². The van der Waals surface area contributed by atoms with Gasteiger partial charge in [-0.2, -0.15) is 4.99 Å². The smallest absolute Gasteiger partial charge is 0.263 e. The standard InChI is InChI=1S/C21H25N5O2/c1-15-12-25(14-22-15)18-8-4-6-16(11-19(18)28-3)10-17-7-5-9-26-21(17)23-20(27)13-24(26)2/h4,6,10-12,14H,5,7-9,13H2,1-3H3/b17-10+. The van der Waals surface area contributed by atoms with Crippen molar-refractivity contribution in [3.63, 3.8) is 0 Å². The minimum absolute atomic E-state index is 0.0952. The zero-order chi connectivity index (χ0) is 19.7. The summed E-state index contributed by atoms with van der Waals surface area (Å²) in [5.74, 6) is 1.49. The SMILES string of the molecule is COC1=C(n2cnc(C)c2)CC=CC(/C=C2\CCCN3C2=NC(=O)CN3C)=C1. The fourth-order valence-corrected chi connectivity index (χ4v) is 3.80. The van der Waals surface area contributed by atoms with Gasteiger partial charge >= 0.3 is 0 Å². The van der Waals surface area contributed by atoms with E-state index in [2.05, 4.69) is 33.2 Å². The van der Waals surface area contributed by atoms with E-state index in [1.54, 1.807) is 7.11 Å². The molecule has 28 heavy (non-hydrogen) atoms. The molecular formula is C21H25N5O2. The fourth-order valence-electron chi connectivity index (χ4n) is 3.80. The lowest BCUT2D eigenvalue weighted by Crippen LogP contribution is -2.52. The minimum Gasteiger partial charge on any atom is -0.495 e. The molecule has 146 valence electrons. The average Bonchev–Trinajstić information content (AvgIpc) is 2.99. The molecule has 1 aromatic heterocycles. The third-order valence-electron chi connectivity index (χ3n) is 5.14. The number of aryl methyl sites for hydroxylation is 1. The Morgan fingerprint density at radius 1 is 1.32 bits per heavy atom. The number of rotatable bonds is 3. The van der Waals surface area contributed by atoms with Crippen LogP contribution < -0.4 is 0 Å². The molecule has 0 aromatic carbocycles. The molecule has 1 aliphatic carbocycles. The predicted octanol–water partition coefficient (Wildman–Crippen LogP) is 2.70. The summed E-state index contributed by atoms with van der Waals surface area (Å²) < 4.78 is 7.70. The second kappa shape index (κ2) is 7.59. The van der Waals surface area contributed by atoms with Crippen molar-refractivity contribution in [2.45, 2.75) is 26.2 Å². The van der Waals surface area contributed by atoms with Gasteiger partial charge in [-0.1, -0.05) is 12.2 Å². The molecule has 0 unspecified atom stereocenters. The number of amides is 1. The number of hydrazine groups is 1. The first-order chi connectivity index (χ1) is 13.5. The number of aliphatic imine (C=N–C) groups is 1. The number of carbonyl (C=O) groups excluding carboxylic acids is 1. The van der Waals surface area contributed by atoms with Crippen molar-refractivity contribution in [2.75, 3.05) is 27.2 Å². The highest BCUT2D eigenvalue weighted by molar-refractivity contribution is 6.07. The Labute approximate surface area is 165 Å². The van der Waals surface area contributed by atoms with E-state index in [0.29, 0.717) is 6.54 Å². The van der Waals surface area contributed by atoms with E-state index in [1.807, 2.05) is 42.1 Å². The first kappa shape index (κ1) is 18.4. The molecule has 2 aliphatic heterocycles. The van der Waals surface area contributed by atoms with Crippen LogP contribution in [0.5, 0.6) is 0 Å². The molecule has 1 aromatic rings. The number of piperidine rings is 1. The van der Waals surface area contributed by atoms with E-state index in [-0.39, 0.29) is 5.91 Å². The Morgan fingerprint density at radius 2 is 2.18 bits per heavy atom. The molecule has 1 fully saturated rings. The number of hydrogen-bond donors (Lipinski definition) is 0. The molecule has 0 atom stereocenters. The highest BCUT2D eigenvalue weighted by atomic mass is 16.5. The monoisotopic (exact) mass is 379 g/mol. The normalized spacial score (nSPS) is 22.2. The van der Waals surface area contributed by atoms with E-state index in [4.69, 9.17) is 4.74 Å². The van der Waals surface area contributed by atoms with Gasteiger partial charge in [0.25, 0.3) is 5.91 Å². The van der Waals surface area contributed by atoms with E-state index in [1.165, 1.54) is 0 Å². The third kappa shape index (κ3) is 3.57. The number of amidine groups is 1. The number of ether oxygens (including phenoxy) is 1. The van der Waals surface area contributed by atoms with Gasteiger partial charge in [0, 0.05) is 26.2 Å². The first-order valence-corrected chi connectivity index (χ1v) is 9.52. The average molecular weight is 379 g/mol. The van der Waals surface area contributed by atoms with Crippen LogP contribution in [-0.4, -0.2) is 58.6 Å². The summed E-state index contributed by atoms with van der Waals surface area (Å²) in [6.07, 6.45) is 14.9. The second-order valence-corrected chi connectivity index (χ2v) is 7.23. The van der Waals surface area contributed by atoms with Crippen LogP contribution in [0.25, 0.3) is 5.70 Å². The van der Waals surface area contributed by atoms with Crippen LogP contribution in [0.3, 0.4) is 0 Å². The molecule has 0 spiro atoms. The van der Waals surface area contributed by atoms with Crippen molar-refractivity contribution >= 4 is 17.4 Å². The van der Waals surface area contributed by atoms with Crippen molar-refractivity contribution < 1.29 is 9.53 Å².